The van der Waals surface area contributed by atoms with E-state index in [0.29, 0.717) is 24.6 Å². The Morgan fingerprint density at radius 3 is 2.57 bits per heavy atom. The molecule has 1 aromatic rings. The molecule has 0 unspecified atom stereocenters. The number of rotatable bonds is 7. The van der Waals surface area contributed by atoms with Crippen molar-refractivity contribution in [2.75, 3.05) is 23.8 Å². The maximum Gasteiger partial charge on any atom is 0.230 e. The van der Waals surface area contributed by atoms with Crippen LogP contribution in [0.2, 0.25) is 0 Å². The Bertz CT molecular complexity index is 614. The second kappa shape index (κ2) is 8.20. The number of hydrogen-bond acceptors (Lipinski definition) is 4. The van der Waals surface area contributed by atoms with Crippen LogP contribution in [0.1, 0.15) is 31.7 Å². The molecule has 2 atom stereocenters. The third kappa shape index (κ3) is 5.84. The zero-order valence-electron chi connectivity index (χ0n) is 13.7. The molecule has 1 amide bonds. The first-order chi connectivity index (χ1) is 10.9. The molecule has 0 saturated carbocycles. The van der Waals surface area contributed by atoms with Crippen LogP contribution in [0.4, 0.5) is 0 Å². The van der Waals surface area contributed by atoms with E-state index < -0.39 is 9.84 Å². The van der Waals surface area contributed by atoms with Crippen molar-refractivity contribution in [2.24, 2.45) is 5.92 Å². The van der Waals surface area contributed by atoms with Gasteiger partial charge in [0.25, 0.3) is 0 Å². The van der Waals surface area contributed by atoms with Crippen LogP contribution in [-0.4, -0.2) is 43.4 Å². The van der Waals surface area contributed by atoms with Gasteiger partial charge in [0.1, 0.15) is 0 Å². The van der Waals surface area contributed by atoms with Gasteiger partial charge in [-0.25, -0.2) is 8.42 Å². The average Bonchev–Trinajstić information content (AvgIpc) is 2.85. The Morgan fingerprint density at radius 1 is 1.30 bits per heavy atom. The first-order valence-electron chi connectivity index (χ1n) is 8.01. The molecule has 1 saturated heterocycles. The third-order valence-corrected chi connectivity index (χ3v) is 7.47. The van der Waals surface area contributed by atoms with Gasteiger partial charge >= 0.3 is 0 Å². The molecule has 1 fully saturated rings. The highest BCUT2D eigenvalue weighted by Gasteiger charge is 2.28. The second-order valence-electron chi connectivity index (χ2n) is 6.40. The van der Waals surface area contributed by atoms with Gasteiger partial charge in [-0.2, -0.15) is 0 Å². The first kappa shape index (κ1) is 18.3. The molecular formula is C17H25NO3S2. The maximum absolute atomic E-state index is 12.0. The van der Waals surface area contributed by atoms with Crippen LogP contribution in [-0.2, 0) is 14.6 Å². The van der Waals surface area contributed by atoms with Crippen molar-refractivity contribution in [3.05, 3.63) is 35.9 Å². The lowest BCUT2D eigenvalue weighted by Crippen LogP contribution is -2.32. The molecule has 0 spiro atoms. The largest absolute Gasteiger partial charge is 0.355 e. The van der Waals surface area contributed by atoms with Gasteiger partial charge in [-0.15, -0.1) is 11.8 Å². The molecule has 0 aromatic heterocycles. The lowest BCUT2D eigenvalue weighted by molar-refractivity contribution is -0.118. The zero-order valence-corrected chi connectivity index (χ0v) is 15.3. The van der Waals surface area contributed by atoms with E-state index in [1.807, 2.05) is 18.2 Å². The summed E-state index contributed by atoms with van der Waals surface area (Å²) in [6, 6.07) is 10.2. The highest BCUT2D eigenvalue weighted by Crippen LogP contribution is 2.25. The first-order valence-corrected chi connectivity index (χ1v) is 10.9. The van der Waals surface area contributed by atoms with E-state index in [-0.39, 0.29) is 28.6 Å². The van der Waals surface area contributed by atoms with Crippen molar-refractivity contribution in [3.63, 3.8) is 0 Å². The molecule has 0 aliphatic carbocycles. The minimum Gasteiger partial charge on any atom is -0.355 e. The summed E-state index contributed by atoms with van der Waals surface area (Å²) in [6.07, 6.45) is 0.666. The molecule has 1 aliphatic rings. The van der Waals surface area contributed by atoms with Gasteiger partial charge in [-0.1, -0.05) is 44.2 Å². The summed E-state index contributed by atoms with van der Waals surface area (Å²) < 4.78 is 22.8. The maximum atomic E-state index is 12.0. The molecule has 1 aromatic carbocycles. The van der Waals surface area contributed by atoms with Crippen LogP contribution >= 0.6 is 11.8 Å². The quantitative estimate of drug-likeness (QED) is 0.816. The van der Waals surface area contributed by atoms with Gasteiger partial charge in [0.2, 0.25) is 5.91 Å². The SMILES string of the molecule is CC(C)[C@@H](CNC(=O)CS[C@@H]1CCS(=O)(=O)C1)c1ccccc1. The minimum atomic E-state index is -2.87. The van der Waals surface area contributed by atoms with Crippen LogP contribution in [0.5, 0.6) is 0 Å². The molecule has 1 aliphatic heterocycles. The molecule has 1 heterocycles. The van der Waals surface area contributed by atoms with Gasteiger partial charge in [-0.3, -0.25) is 4.79 Å². The smallest absolute Gasteiger partial charge is 0.230 e. The predicted molar refractivity (Wildman–Crippen MR) is 96.5 cm³/mol. The number of amides is 1. The van der Waals surface area contributed by atoms with Crippen molar-refractivity contribution in [1.82, 2.24) is 5.32 Å². The second-order valence-corrected chi connectivity index (χ2v) is 9.92. The molecule has 23 heavy (non-hydrogen) atoms. The average molecular weight is 356 g/mol. The van der Waals surface area contributed by atoms with Crippen molar-refractivity contribution in [1.29, 1.82) is 0 Å². The van der Waals surface area contributed by atoms with E-state index in [1.165, 1.54) is 17.3 Å². The molecule has 2 rings (SSSR count). The Kier molecular flexibility index (Phi) is 6.53. The normalized spacial score (nSPS) is 21.3. The van der Waals surface area contributed by atoms with Gasteiger partial charge < -0.3 is 5.32 Å². The van der Waals surface area contributed by atoms with E-state index in [2.05, 4.69) is 31.3 Å². The fourth-order valence-corrected chi connectivity index (χ4v) is 6.27. The summed E-state index contributed by atoms with van der Waals surface area (Å²) in [6.45, 7) is 4.92. The number of carbonyl (C=O) groups excluding carboxylic acids is 1. The van der Waals surface area contributed by atoms with Crippen LogP contribution in [0.15, 0.2) is 30.3 Å². The van der Waals surface area contributed by atoms with E-state index in [0.717, 1.165) is 0 Å². The van der Waals surface area contributed by atoms with Crippen LogP contribution in [0, 0.1) is 5.92 Å². The summed E-state index contributed by atoms with van der Waals surface area (Å²) in [4.78, 5) is 12.0. The van der Waals surface area contributed by atoms with Gasteiger partial charge in [0.15, 0.2) is 9.84 Å². The van der Waals surface area contributed by atoms with Crippen molar-refractivity contribution >= 4 is 27.5 Å². The molecule has 4 nitrogen and oxygen atoms in total. The van der Waals surface area contributed by atoms with Gasteiger partial charge in [-0.05, 0) is 17.9 Å². The Balaban J connectivity index is 1.78. The number of hydrogen-bond donors (Lipinski definition) is 1. The van der Waals surface area contributed by atoms with Gasteiger partial charge in [0.05, 0.1) is 17.3 Å². The Morgan fingerprint density at radius 2 is 2.00 bits per heavy atom. The van der Waals surface area contributed by atoms with Crippen LogP contribution in [0.3, 0.4) is 0 Å². The third-order valence-electron chi connectivity index (χ3n) is 4.19. The van der Waals surface area contributed by atoms with E-state index >= 15 is 0 Å². The number of thioether (sulfide) groups is 1. The predicted octanol–water partition coefficient (Wildman–Crippen LogP) is 2.46. The number of nitrogens with one attached hydrogen (secondary N) is 1. The van der Waals surface area contributed by atoms with Gasteiger partial charge in [0, 0.05) is 17.7 Å². The summed E-state index contributed by atoms with van der Waals surface area (Å²) in [5.74, 6) is 1.52. The summed E-state index contributed by atoms with van der Waals surface area (Å²) >= 11 is 1.46. The summed E-state index contributed by atoms with van der Waals surface area (Å²) in [5, 5.41) is 3.07. The van der Waals surface area contributed by atoms with Crippen molar-refractivity contribution in [3.8, 4) is 0 Å². The standard InChI is InChI=1S/C17H25NO3S2/c1-13(2)16(14-6-4-3-5-7-14)10-18-17(19)11-22-15-8-9-23(20,21)12-15/h3-7,13,15-16H,8-12H2,1-2H3,(H,18,19)/t15-,16-/m1/s1. The van der Waals surface area contributed by atoms with E-state index in [4.69, 9.17) is 0 Å². The molecule has 1 N–H and O–H groups in total. The summed E-state index contributed by atoms with van der Waals surface area (Å²) in [5.41, 5.74) is 1.23. The van der Waals surface area contributed by atoms with E-state index in [9.17, 15) is 13.2 Å². The van der Waals surface area contributed by atoms with Crippen LogP contribution in [0.25, 0.3) is 0 Å². The highest BCUT2D eigenvalue weighted by atomic mass is 32.2. The summed E-state index contributed by atoms with van der Waals surface area (Å²) in [7, 11) is -2.87. The zero-order chi connectivity index (χ0) is 16.9. The Labute approximate surface area is 143 Å². The van der Waals surface area contributed by atoms with Crippen LogP contribution < -0.4 is 5.32 Å². The highest BCUT2D eigenvalue weighted by molar-refractivity contribution is 8.02. The fraction of sp³-hybridized carbons (Fsp3) is 0.588. The molecule has 128 valence electrons. The number of sulfone groups is 1. The molecule has 6 heteroatoms. The number of carbonyl (C=O) groups is 1. The molecule has 0 bridgehead atoms. The lowest BCUT2D eigenvalue weighted by Gasteiger charge is -2.22. The van der Waals surface area contributed by atoms with Crippen molar-refractivity contribution < 1.29 is 13.2 Å². The topological polar surface area (TPSA) is 63.2 Å². The fourth-order valence-electron chi connectivity index (χ4n) is 2.80. The lowest BCUT2D eigenvalue weighted by atomic mass is 9.88. The molecular weight excluding hydrogens is 330 g/mol. The Hall–Kier alpha value is -1.01. The van der Waals surface area contributed by atoms with E-state index in [1.54, 1.807) is 0 Å². The van der Waals surface area contributed by atoms with Crippen molar-refractivity contribution in [2.45, 2.75) is 31.4 Å². The number of benzene rings is 1. The minimum absolute atomic E-state index is 0.0131. The monoisotopic (exact) mass is 355 g/mol. The molecule has 0 radical (unpaired) electrons.